The number of amides is 1. The lowest BCUT2D eigenvalue weighted by atomic mass is 10.2. The Kier molecular flexibility index (Phi) is 4.95. The summed E-state index contributed by atoms with van der Waals surface area (Å²) in [5, 5.41) is 10.1. The zero-order valence-electron chi connectivity index (χ0n) is 11.8. The molecule has 0 saturated carbocycles. The van der Waals surface area contributed by atoms with Crippen LogP contribution in [0.4, 0.5) is 0 Å². The van der Waals surface area contributed by atoms with Gasteiger partial charge in [-0.25, -0.2) is 0 Å². The molecule has 20 heavy (non-hydrogen) atoms. The number of carbonyl (C=O) groups is 1. The highest BCUT2D eigenvalue weighted by Gasteiger charge is 2.11. The van der Waals surface area contributed by atoms with Crippen LogP contribution < -0.4 is 10.6 Å². The van der Waals surface area contributed by atoms with E-state index in [0.29, 0.717) is 6.54 Å². The first-order valence-electron chi connectivity index (χ1n) is 6.66. The van der Waals surface area contributed by atoms with Crippen molar-refractivity contribution in [2.75, 3.05) is 6.54 Å². The van der Waals surface area contributed by atoms with E-state index in [4.69, 9.17) is 4.42 Å². The van der Waals surface area contributed by atoms with Gasteiger partial charge < -0.3 is 15.1 Å². The number of hydrogen-bond acceptors (Lipinski definition) is 4. The lowest BCUT2D eigenvalue weighted by molar-refractivity contribution is -0.123. The Morgan fingerprint density at radius 2 is 2.40 bits per heavy atom. The lowest BCUT2D eigenvalue weighted by Crippen LogP contribution is -2.42. The molecule has 0 spiro atoms. The first kappa shape index (κ1) is 14.3. The van der Waals surface area contributed by atoms with Gasteiger partial charge in [0.1, 0.15) is 5.76 Å². The second kappa shape index (κ2) is 6.91. The first-order chi connectivity index (χ1) is 9.65. The Bertz CT molecular complexity index is 533. The fraction of sp³-hybridized carbons (Fsp3) is 0.429. The van der Waals surface area contributed by atoms with E-state index in [9.17, 15) is 4.79 Å². The van der Waals surface area contributed by atoms with Gasteiger partial charge in [-0.15, -0.1) is 0 Å². The van der Waals surface area contributed by atoms with E-state index in [2.05, 4.69) is 15.7 Å². The van der Waals surface area contributed by atoms with Crippen LogP contribution in [0.3, 0.4) is 0 Å². The van der Waals surface area contributed by atoms with E-state index >= 15 is 0 Å². The number of nitrogens with zero attached hydrogens (tertiary/aromatic N) is 2. The van der Waals surface area contributed by atoms with Crippen molar-refractivity contribution in [2.24, 2.45) is 7.05 Å². The smallest absolute Gasteiger partial charge is 0.237 e. The number of hydrogen-bond donors (Lipinski definition) is 2. The molecule has 1 unspecified atom stereocenters. The van der Waals surface area contributed by atoms with Crippen molar-refractivity contribution in [3.05, 3.63) is 42.1 Å². The summed E-state index contributed by atoms with van der Waals surface area (Å²) in [6.07, 6.45) is 6.26. The predicted octanol–water partition coefficient (Wildman–Crippen LogP) is 0.850. The molecule has 0 aliphatic heterocycles. The van der Waals surface area contributed by atoms with Gasteiger partial charge in [-0.05, 0) is 31.0 Å². The van der Waals surface area contributed by atoms with Crippen molar-refractivity contribution in [3.8, 4) is 0 Å². The van der Waals surface area contributed by atoms with Crippen molar-refractivity contribution in [2.45, 2.75) is 25.9 Å². The summed E-state index contributed by atoms with van der Waals surface area (Å²) in [5.41, 5.74) is 1.16. The Labute approximate surface area is 118 Å². The van der Waals surface area contributed by atoms with E-state index in [1.165, 1.54) is 0 Å². The summed E-state index contributed by atoms with van der Waals surface area (Å²) < 4.78 is 6.93. The summed E-state index contributed by atoms with van der Waals surface area (Å²) >= 11 is 0. The molecule has 0 radical (unpaired) electrons. The van der Waals surface area contributed by atoms with Gasteiger partial charge in [-0.1, -0.05) is 0 Å². The second-order valence-corrected chi connectivity index (χ2v) is 4.75. The fourth-order valence-corrected chi connectivity index (χ4v) is 1.87. The molecule has 0 fully saturated rings. The van der Waals surface area contributed by atoms with Gasteiger partial charge in [0.15, 0.2) is 0 Å². The van der Waals surface area contributed by atoms with E-state index in [0.717, 1.165) is 24.3 Å². The number of carbonyl (C=O) groups excluding carboxylic acids is 1. The van der Waals surface area contributed by atoms with Crippen molar-refractivity contribution in [1.29, 1.82) is 0 Å². The summed E-state index contributed by atoms with van der Waals surface area (Å²) in [7, 11) is 1.89. The highest BCUT2D eigenvalue weighted by atomic mass is 16.3. The highest BCUT2D eigenvalue weighted by molar-refractivity contribution is 5.81. The standard InChI is InChI=1S/C14H20N4O2/c1-11(14(19)16-9-13-4-3-7-20-13)15-6-5-12-8-17-18(2)10-12/h3-4,7-8,10-11,15H,5-6,9H2,1-2H3,(H,16,19). The summed E-state index contributed by atoms with van der Waals surface area (Å²) in [6.45, 7) is 3.00. The third-order valence-electron chi connectivity index (χ3n) is 3.03. The number of nitrogens with one attached hydrogen (secondary N) is 2. The highest BCUT2D eigenvalue weighted by Crippen LogP contribution is 1.99. The average Bonchev–Trinajstić information content (AvgIpc) is 3.07. The number of aromatic nitrogens is 2. The number of aryl methyl sites for hydroxylation is 1. The van der Waals surface area contributed by atoms with Crippen molar-refractivity contribution < 1.29 is 9.21 Å². The predicted molar refractivity (Wildman–Crippen MR) is 74.9 cm³/mol. The van der Waals surface area contributed by atoms with E-state index in [1.54, 1.807) is 17.0 Å². The maximum atomic E-state index is 11.9. The normalized spacial score (nSPS) is 12.3. The SMILES string of the molecule is CC(NCCc1cnn(C)c1)C(=O)NCc1ccco1. The van der Waals surface area contributed by atoms with Gasteiger partial charge in [0.05, 0.1) is 25.0 Å². The van der Waals surface area contributed by atoms with Crippen LogP contribution in [0.25, 0.3) is 0 Å². The van der Waals surface area contributed by atoms with Crippen LogP contribution in [0.1, 0.15) is 18.2 Å². The number of furan rings is 1. The Hall–Kier alpha value is -2.08. The van der Waals surface area contributed by atoms with Crippen molar-refractivity contribution in [1.82, 2.24) is 20.4 Å². The van der Waals surface area contributed by atoms with Gasteiger partial charge in [-0.2, -0.15) is 5.10 Å². The van der Waals surface area contributed by atoms with Crippen LogP contribution in [-0.2, 0) is 24.8 Å². The van der Waals surface area contributed by atoms with Crippen LogP contribution in [0, 0.1) is 0 Å². The molecule has 1 amide bonds. The molecule has 2 aromatic rings. The molecule has 0 aromatic carbocycles. The molecule has 2 aromatic heterocycles. The quantitative estimate of drug-likeness (QED) is 0.786. The van der Waals surface area contributed by atoms with Crippen LogP contribution in [0.2, 0.25) is 0 Å². The van der Waals surface area contributed by atoms with Gasteiger partial charge >= 0.3 is 0 Å². The third kappa shape index (κ3) is 4.24. The topological polar surface area (TPSA) is 72.1 Å². The molecule has 0 aliphatic rings. The minimum absolute atomic E-state index is 0.0346. The van der Waals surface area contributed by atoms with Gasteiger partial charge in [0, 0.05) is 19.8 Å². The van der Waals surface area contributed by atoms with E-state index in [-0.39, 0.29) is 11.9 Å². The molecule has 6 nitrogen and oxygen atoms in total. The van der Waals surface area contributed by atoms with E-state index < -0.39 is 0 Å². The van der Waals surface area contributed by atoms with Gasteiger partial charge in [0.2, 0.25) is 5.91 Å². The Balaban J connectivity index is 1.66. The monoisotopic (exact) mass is 276 g/mol. The number of rotatable bonds is 7. The molecule has 2 rings (SSSR count). The molecule has 2 N–H and O–H groups in total. The Morgan fingerprint density at radius 1 is 1.55 bits per heavy atom. The van der Waals surface area contributed by atoms with Gasteiger partial charge in [-0.3, -0.25) is 9.48 Å². The van der Waals surface area contributed by atoms with Crippen LogP contribution >= 0.6 is 0 Å². The maximum Gasteiger partial charge on any atom is 0.237 e. The molecule has 6 heteroatoms. The van der Waals surface area contributed by atoms with E-state index in [1.807, 2.05) is 32.4 Å². The first-order valence-corrected chi connectivity index (χ1v) is 6.66. The summed E-state index contributed by atoms with van der Waals surface area (Å²) in [4.78, 5) is 11.9. The largest absolute Gasteiger partial charge is 0.467 e. The maximum absolute atomic E-state index is 11.9. The lowest BCUT2D eigenvalue weighted by Gasteiger charge is -2.13. The molecule has 108 valence electrons. The minimum Gasteiger partial charge on any atom is -0.467 e. The molecule has 0 saturated heterocycles. The minimum atomic E-state index is -0.235. The van der Waals surface area contributed by atoms with Crippen LogP contribution in [-0.4, -0.2) is 28.3 Å². The van der Waals surface area contributed by atoms with Crippen molar-refractivity contribution in [3.63, 3.8) is 0 Å². The summed E-state index contributed by atoms with van der Waals surface area (Å²) in [5.74, 6) is 0.716. The molecular weight excluding hydrogens is 256 g/mol. The van der Waals surface area contributed by atoms with Crippen molar-refractivity contribution >= 4 is 5.91 Å². The average molecular weight is 276 g/mol. The van der Waals surface area contributed by atoms with Crippen LogP contribution in [0.5, 0.6) is 0 Å². The molecule has 0 bridgehead atoms. The van der Waals surface area contributed by atoms with Gasteiger partial charge in [0.25, 0.3) is 0 Å². The Morgan fingerprint density at radius 3 is 3.05 bits per heavy atom. The molecular formula is C14H20N4O2. The summed E-state index contributed by atoms with van der Waals surface area (Å²) in [6, 6.07) is 3.40. The third-order valence-corrected chi connectivity index (χ3v) is 3.03. The molecule has 0 aliphatic carbocycles. The molecule has 2 heterocycles. The van der Waals surface area contributed by atoms with Crippen LogP contribution in [0.15, 0.2) is 35.2 Å². The zero-order chi connectivity index (χ0) is 14.4. The fourth-order valence-electron chi connectivity index (χ4n) is 1.87. The second-order valence-electron chi connectivity index (χ2n) is 4.75. The molecule has 1 atom stereocenters. The zero-order valence-corrected chi connectivity index (χ0v) is 11.8.